The molecule has 3 aromatic rings. The summed E-state index contributed by atoms with van der Waals surface area (Å²) in [4.78, 5) is -0.0116. The van der Waals surface area contributed by atoms with Crippen LogP contribution in [0.5, 0.6) is 5.88 Å². The molecule has 1 heterocycles. The second-order valence-corrected chi connectivity index (χ2v) is 9.43. The van der Waals surface area contributed by atoms with Gasteiger partial charge >= 0.3 is 0 Å². The van der Waals surface area contributed by atoms with Crippen LogP contribution < -0.4 is 10.5 Å². The fourth-order valence-electron chi connectivity index (χ4n) is 2.54. The summed E-state index contributed by atoms with van der Waals surface area (Å²) in [5.74, 6) is -0.0575. The number of azo groups is 1. The summed E-state index contributed by atoms with van der Waals surface area (Å²) < 4.78 is 25.7. The Labute approximate surface area is 182 Å². The molecular formula is C16H13Br2N5O3S2. The smallest absolute Gasteiger partial charge is 0.238 e. The molecule has 0 fully saturated rings. The van der Waals surface area contributed by atoms with Gasteiger partial charge in [0.25, 0.3) is 0 Å². The van der Waals surface area contributed by atoms with Crippen molar-refractivity contribution in [3.05, 3.63) is 45.3 Å². The number of nitrogens with zero attached hydrogens (tertiary/aromatic N) is 3. The minimum atomic E-state index is -3.76. The number of sulfonamides is 1. The van der Waals surface area contributed by atoms with Crippen LogP contribution in [0.15, 0.2) is 60.5 Å². The van der Waals surface area contributed by atoms with Gasteiger partial charge in [0.05, 0.1) is 10.4 Å². The van der Waals surface area contributed by atoms with Crippen molar-refractivity contribution in [2.24, 2.45) is 22.4 Å². The topological polar surface area (TPSA) is 122 Å². The van der Waals surface area contributed by atoms with E-state index in [1.807, 2.05) is 12.1 Å². The Kier molecular flexibility index (Phi) is 5.87. The monoisotopic (exact) mass is 545 g/mol. The summed E-state index contributed by atoms with van der Waals surface area (Å²) >= 11 is 12.0. The molecular weight excluding hydrogens is 534 g/mol. The van der Waals surface area contributed by atoms with E-state index in [1.165, 1.54) is 24.3 Å². The number of aromatic nitrogens is 1. The molecule has 0 amide bonds. The number of anilines is 1. The highest BCUT2D eigenvalue weighted by molar-refractivity contribution is 9.11. The van der Waals surface area contributed by atoms with Crippen LogP contribution in [-0.2, 0) is 17.1 Å². The summed E-state index contributed by atoms with van der Waals surface area (Å²) in [5, 5.41) is 27.0. The largest absolute Gasteiger partial charge is 0.493 e. The highest BCUT2D eigenvalue weighted by Crippen LogP contribution is 2.42. The van der Waals surface area contributed by atoms with E-state index in [2.05, 4.69) is 47.4 Å². The number of primary sulfonamides is 1. The first-order chi connectivity index (χ1) is 13.1. The first-order valence-electron chi connectivity index (χ1n) is 7.60. The maximum absolute atomic E-state index is 11.3. The molecule has 3 rings (SSSR count). The number of nitrogens with one attached hydrogen (secondary N) is 1. The second kappa shape index (κ2) is 7.87. The van der Waals surface area contributed by atoms with E-state index < -0.39 is 10.0 Å². The third-order valence-electron chi connectivity index (χ3n) is 3.82. The molecule has 4 N–H and O–H groups in total. The molecule has 146 valence electrons. The van der Waals surface area contributed by atoms with Gasteiger partial charge in [0.1, 0.15) is 0 Å². The average Bonchev–Trinajstić information content (AvgIpc) is 2.83. The normalized spacial score (nSPS) is 12.0. The molecule has 0 aliphatic heterocycles. The maximum Gasteiger partial charge on any atom is 0.238 e. The molecule has 0 saturated carbocycles. The van der Waals surface area contributed by atoms with Gasteiger partial charge in [-0.25, -0.2) is 13.6 Å². The number of hydrogen-bond acceptors (Lipinski definition) is 5. The van der Waals surface area contributed by atoms with Crippen LogP contribution in [0.2, 0.25) is 0 Å². The van der Waals surface area contributed by atoms with Crippen LogP contribution in [0.25, 0.3) is 10.9 Å². The standard InChI is InChI=1S/C16H13Br2N5O3S2/c1-23-14-11(6-8(17)7-12(14)18)13(15(23)24)21-22-16(27)20-9-2-4-10(5-3-9)28(19,25)26/h2-7,24H,1H3,(H,20,27)(H2,19,25,26). The van der Waals surface area contributed by atoms with Crippen LogP contribution in [0.3, 0.4) is 0 Å². The van der Waals surface area contributed by atoms with Gasteiger partial charge < -0.3 is 15.0 Å². The van der Waals surface area contributed by atoms with Crippen molar-refractivity contribution in [1.82, 2.24) is 4.57 Å². The molecule has 1 aromatic heterocycles. The predicted octanol–water partition coefficient (Wildman–Crippen LogP) is 4.54. The number of nitrogens with two attached hydrogens (primary N) is 1. The van der Waals surface area contributed by atoms with Gasteiger partial charge in [0.15, 0.2) is 5.69 Å². The van der Waals surface area contributed by atoms with Crippen molar-refractivity contribution < 1.29 is 13.5 Å². The molecule has 0 unspecified atom stereocenters. The molecule has 12 heteroatoms. The van der Waals surface area contributed by atoms with Gasteiger partial charge in [0, 0.05) is 27.1 Å². The zero-order chi connectivity index (χ0) is 20.6. The van der Waals surface area contributed by atoms with Crippen LogP contribution in [0, 0.1) is 0 Å². The van der Waals surface area contributed by atoms with Gasteiger partial charge in [0.2, 0.25) is 21.0 Å². The summed E-state index contributed by atoms with van der Waals surface area (Å²) in [5.41, 5.74) is 1.55. The van der Waals surface area contributed by atoms with Crippen molar-refractivity contribution in [2.45, 2.75) is 4.90 Å². The Balaban J connectivity index is 1.86. The first kappa shape index (κ1) is 20.9. The van der Waals surface area contributed by atoms with E-state index in [-0.39, 0.29) is 21.6 Å². The van der Waals surface area contributed by atoms with Crippen LogP contribution in [0.1, 0.15) is 0 Å². The number of thiocarbonyl (C=S) groups is 1. The number of halogens is 2. The Morgan fingerprint density at radius 1 is 1.25 bits per heavy atom. The van der Waals surface area contributed by atoms with E-state index in [0.717, 1.165) is 14.5 Å². The minimum Gasteiger partial charge on any atom is -0.493 e. The molecule has 28 heavy (non-hydrogen) atoms. The number of benzene rings is 2. The average molecular weight is 547 g/mol. The van der Waals surface area contributed by atoms with Crippen molar-refractivity contribution >= 4 is 81.5 Å². The molecule has 0 radical (unpaired) electrons. The molecule has 0 aliphatic rings. The van der Waals surface area contributed by atoms with E-state index >= 15 is 0 Å². The van der Waals surface area contributed by atoms with Crippen LogP contribution in [0.4, 0.5) is 11.4 Å². The van der Waals surface area contributed by atoms with Crippen LogP contribution in [-0.4, -0.2) is 23.2 Å². The van der Waals surface area contributed by atoms with Gasteiger partial charge in [-0.15, -0.1) is 10.2 Å². The zero-order valence-corrected chi connectivity index (χ0v) is 19.0. The van der Waals surface area contributed by atoms with E-state index in [0.29, 0.717) is 11.1 Å². The lowest BCUT2D eigenvalue weighted by Gasteiger charge is -2.04. The second-order valence-electron chi connectivity index (χ2n) is 5.71. The fraction of sp³-hybridized carbons (Fsp3) is 0.0625. The number of hydrogen-bond donors (Lipinski definition) is 3. The third kappa shape index (κ3) is 4.25. The number of aryl methyl sites for hydroxylation is 1. The number of fused-ring (bicyclic) bond motifs is 1. The molecule has 0 atom stereocenters. The van der Waals surface area contributed by atoms with Gasteiger partial charge in [-0.1, -0.05) is 15.9 Å². The molecule has 2 aromatic carbocycles. The number of rotatable bonds is 3. The van der Waals surface area contributed by atoms with Gasteiger partial charge in [-0.05, 0) is 64.5 Å². The Bertz CT molecular complexity index is 1220. The van der Waals surface area contributed by atoms with Crippen LogP contribution >= 0.6 is 44.1 Å². The van der Waals surface area contributed by atoms with Gasteiger partial charge in [-0.3, -0.25) is 0 Å². The molecule has 0 spiro atoms. The Hall–Kier alpha value is -1.86. The first-order valence-corrected chi connectivity index (χ1v) is 11.1. The van der Waals surface area contributed by atoms with E-state index in [1.54, 1.807) is 11.6 Å². The predicted molar refractivity (Wildman–Crippen MR) is 119 cm³/mol. The summed E-state index contributed by atoms with van der Waals surface area (Å²) in [7, 11) is -2.06. The van der Waals surface area contributed by atoms with E-state index in [9.17, 15) is 13.5 Å². The molecule has 8 nitrogen and oxygen atoms in total. The summed E-state index contributed by atoms with van der Waals surface area (Å²) in [6, 6.07) is 9.39. The Morgan fingerprint density at radius 3 is 2.50 bits per heavy atom. The van der Waals surface area contributed by atoms with Crippen molar-refractivity contribution in [3.63, 3.8) is 0 Å². The summed E-state index contributed by atoms with van der Waals surface area (Å²) in [6.45, 7) is 0. The molecule has 0 bridgehead atoms. The van der Waals surface area contributed by atoms with Gasteiger partial charge in [-0.2, -0.15) is 0 Å². The SMILES string of the molecule is Cn1c(O)c(N=NC(=S)Nc2ccc(S(N)(=O)=O)cc2)c2cc(Br)cc(Br)c21. The number of aromatic hydroxyl groups is 1. The lowest BCUT2D eigenvalue weighted by Crippen LogP contribution is -2.12. The highest BCUT2D eigenvalue weighted by Gasteiger charge is 2.17. The lowest BCUT2D eigenvalue weighted by atomic mass is 10.2. The summed E-state index contributed by atoms with van der Waals surface area (Å²) in [6.07, 6.45) is 0. The highest BCUT2D eigenvalue weighted by atomic mass is 79.9. The Morgan fingerprint density at radius 2 is 1.89 bits per heavy atom. The quantitative estimate of drug-likeness (QED) is 0.329. The lowest BCUT2D eigenvalue weighted by molar-refractivity contribution is 0.436. The minimum absolute atomic E-state index is 0.0116. The molecule has 0 aliphatic carbocycles. The third-order valence-corrected chi connectivity index (χ3v) is 6.00. The zero-order valence-electron chi connectivity index (χ0n) is 14.2. The van der Waals surface area contributed by atoms with Crippen molar-refractivity contribution in [1.29, 1.82) is 0 Å². The fourth-order valence-corrected chi connectivity index (χ4v) is 4.71. The van der Waals surface area contributed by atoms with Crippen molar-refractivity contribution in [2.75, 3.05) is 5.32 Å². The molecule has 0 saturated heterocycles. The van der Waals surface area contributed by atoms with Crippen molar-refractivity contribution in [3.8, 4) is 5.88 Å². The van der Waals surface area contributed by atoms with E-state index in [4.69, 9.17) is 17.4 Å². The maximum atomic E-state index is 11.3.